The standard InChI is InChI=1S/C68H134O4/c1-5-9-13-17-21-23-25-27-29-31-33-38-47-55-63-71-67(69)61-53-45-37-36-43-51-59-65(57-49-41-20-16-12-8-4)66(58-50-42-35-19-15-11-7-3)60-52-44-40-46-54-62-68(70)72-64-56-48-39-34-32-30-28-26-24-22-18-14-10-6-2/h65-66H,5-64H2,1-4H3. The third-order valence-corrected chi connectivity index (χ3v) is 16.5. The maximum absolute atomic E-state index is 12.5. The van der Waals surface area contributed by atoms with Crippen LogP contribution in [0.4, 0.5) is 0 Å². The van der Waals surface area contributed by atoms with Crippen molar-refractivity contribution in [1.29, 1.82) is 0 Å². The van der Waals surface area contributed by atoms with Gasteiger partial charge in [-0.25, -0.2) is 0 Å². The van der Waals surface area contributed by atoms with Crippen LogP contribution in [0.5, 0.6) is 0 Å². The zero-order valence-corrected chi connectivity index (χ0v) is 50.2. The van der Waals surface area contributed by atoms with Gasteiger partial charge >= 0.3 is 11.9 Å². The SMILES string of the molecule is CCCCCCCCCCCCCCCCOC(=O)CCCCCCCCC(CCCCCCCC)C(CCCCCCCCC)CCCCCCCC(=O)OCCCCCCCCCCCCCCCC. The molecule has 0 aromatic rings. The van der Waals surface area contributed by atoms with Crippen LogP contribution in [-0.2, 0) is 19.1 Å². The Morgan fingerprint density at radius 1 is 0.222 bits per heavy atom. The summed E-state index contributed by atoms with van der Waals surface area (Å²) in [7, 11) is 0. The molecule has 0 radical (unpaired) electrons. The van der Waals surface area contributed by atoms with Crippen molar-refractivity contribution in [1.82, 2.24) is 0 Å². The summed E-state index contributed by atoms with van der Waals surface area (Å²) in [6, 6.07) is 0. The van der Waals surface area contributed by atoms with Crippen molar-refractivity contribution in [3.63, 3.8) is 0 Å². The Labute approximate surface area is 454 Å². The topological polar surface area (TPSA) is 52.6 Å². The summed E-state index contributed by atoms with van der Waals surface area (Å²) < 4.78 is 11.2. The molecule has 0 aliphatic rings. The number of unbranched alkanes of at least 4 members (excludes halogenated alkanes) is 46. The Hall–Kier alpha value is -1.06. The molecule has 0 spiro atoms. The van der Waals surface area contributed by atoms with Gasteiger partial charge in [-0.15, -0.1) is 0 Å². The first-order valence-electron chi connectivity index (χ1n) is 33.9. The third kappa shape index (κ3) is 56.7. The van der Waals surface area contributed by atoms with E-state index in [1.165, 1.54) is 321 Å². The summed E-state index contributed by atoms with van der Waals surface area (Å²) in [5.74, 6) is 1.83. The fraction of sp³-hybridized carbons (Fsp3) is 0.971. The lowest BCUT2D eigenvalue weighted by atomic mass is 9.78. The van der Waals surface area contributed by atoms with Crippen LogP contribution >= 0.6 is 0 Å². The van der Waals surface area contributed by atoms with E-state index < -0.39 is 0 Å². The monoisotopic (exact) mass is 1020 g/mol. The molecule has 0 aliphatic carbocycles. The van der Waals surface area contributed by atoms with Crippen LogP contribution in [0.1, 0.15) is 400 Å². The van der Waals surface area contributed by atoms with E-state index in [9.17, 15) is 9.59 Å². The average molecular weight is 1020 g/mol. The van der Waals surface area contributed by atoms with Crippen molar-refractivity contribution in [3.8, 4) is 0 Å². The fourth-order valence-electron chi connectivity index (χ4n) is 11.5. The van der Waals surface area contributed by atoms with Crippen molar-refractivity contribution in [2.75, 3.05) is 13.2 Å². The molecule has 0 bridgehead atoms. The highest BCUT2D eigenvalue weighted by atomic mass is 16.5. The largest absolute Gasteiger partial charge is 0.466 e. The van der Waals surface area contributed by atoms with Gasteiger partial charge in [-0.3, -0.25) is 9.59 Å². The molecule has 0 aromatic carbocycles. The highest BCUT2D eigenvalue weighted by molar-refractivity contribution is 5.69. The molecular formula is C68H134O4. The van der Waals surface area contributed by atoms with Gasteiger partial charge in [0.1, 0.15) is 0 Å². The first kappa shape index (κ1) is 70.9. The van der Waals surface area contributed by atoms with Crippen molar-refractivity contribution in [2.24, 2.45) is 11.8 Å². The Morgan fingerprint density at radius 3 is 0.597 bits per heavy atom. The average Bonchev–Trinajstić information content (AvgIpc) is 3.38. The minimum atomic E-state index is 0.0275. The molecule has 0 heterocycles. The van der Waals surface area contributed by atoms with Gasteiger partial charge < -0.3 is 9.47 Å². The number of rotatable bonds is 63. The molecule has 430 valence electrons. The summed E-state index contributed by atoms with van der Waals surface area (Å²) in [5, 5.41) is 0. The minimum Gasteiger partial charge on any atom is -0.466 e. The van der Waals surface area contributed by atoms with Crippen molar-refractivity contribution < 1.29 is 19.1 Å². The normalized spacial score (nSPS) is 12.4. The second-order valence-corrected chi connectivity index (χ2v) is 23.6. The van der Waals surface area contributed by atoms with Gasteiger partial charge in [0.2, 0.25) is 0 Å². The number of hydrogen-bond acceptors (Lipinski definition) is 4. The van der Waals surface area contributed by atoms with Crippen LogP contribution < -0.4 is 0 Å². The molecule has 0 aromatic heterocycles. The molecule has 0 aliphatic heterocycles. The summed E-state index contributed by atoms with van der Waals surface area (Å²) in [5.41, 5.74) is 0. The second-order valence-electron chi connectivity index (χ2n) is 23.6. The summed E-state index contributed by atoms with van der Waals surface area (Å²) >= 11 is 0. The molecule has 72 heavy (non-hydrogen) atoms. The lowest BCUT2D eigenvalue weighted by Gasteiger charge is -2.28. The van der Waals surface area contributed by atoms with Crippen LogP contribution in [0.25, 0.3) is 0 Å². The molecule has 0 rings (SSSR count). The van der Waals surface area contributed by atoms with E-state index in [1.54, 1.807) is 0 Å². The molecule has 2 atom stereocenters. The molecule has 4 heteroatoms. The maximum atomic E-state index is 12.5. The highest BCUT2D eigenvalue weighted by Crippen LogP contribution is 2.34. The lowest BCUT2D eigenvalue weighted by Crippen LogP contribution is -2.16. The predicted octanol–water partition coefficient (Wildman–Crippen LogP) is 24.0. The Balaban J connectivity index is 4.44. The molecule has 0 saturated heterocycles. The van der Waals surface area contributed by atoms with Crippen LogP contribution in [0, 0.1) is 11.8 Å². The van der Waals surface area contributed by atoms with Crippen LogP contribution in [-0.4, -0.2) is 25.2 Å². The van der Waals surface area contributed by atoms with E-state index in [-0.39, 0.29) is 11.9 Å². The van der Waals surface area contributed by atoms with E-state index in [4.69, 9.17) is 9.47 Å². The third-order valence-electron chi connectivity index (χ3n) is 16.5. The maximum Gasteiger partial charge on any atom is 0.305 e. The van der Waals surface area contributed by atoms with Gasteiger partial charge in [-0.05, 0) is 37.5 Å². The second kappa shape index (κ2) is 62.5. The van der Waals surface area contributed by atoms with E-state index >= 15 is 0 Å². The molecule has 0 amide bonds. The van der Waals surface area contributed by atoms with Gasteiger partial charge in [0.05, 0.1) is 13.2 Å². The summed E-state index contributed by atoms with van der Waals surface area (Å²) in [4.78, 5) is 24.9. The van der Waals surface area contributed by atoms with E-state index in [0.29, 0.717) is 26.1 Å². The first-order chi connectivity index (χ1) is 35.6. The molecule has 0 fully saturated rings. The zero-order valence-electron chi connectivity index (χ0n) is 50.2. The number of hydrogen-bond donors (Lipinski definition) is 0. The first-order valence-corrected chi connectivity index (χ1v) is 33.9. The van der Waals surface area contributed by atoms with Gasteiger partial charge in [0.15, 0.2) is 0 Å². The van der Waals surface area contributed by atoms with Crippen molar-refractivity contribution >= 4 is 11.9 Å². The summed E-state index contributed by atoms with van der Waals surface area (Å²) in [6.07, 6.45) is 76.6. The fourth-order valence-corrected chi connectivity index (χ4v) is 11.5. The smallest absolute Gasteiger partial charge is 0.305 e. The molecule has 0 saturated carbocycles. The number of carbonyl (C=O) groups is 2. The minimum absolute atomic E-state index is 0.0275. The van der Waals surface area contributed by atoms with Gasteiger partial charge in [-0.1, -0.05) is 362 Å². The molecule has 0 N–H and O–H groups in total. The number of ether oxygens (including phenoxy) is 2. The van der Waals surface area contributed by atoms with E-state index in [1.807, 2.05) is 0 Å². The number of esters is 2. The van der Waals surface area contributed by atoms with Crippen LogP contribution in [0.15, 0.2) is 0 Å². The van der Waals surface area contributed by atoms with Crippen LogP contribution in [0.3, 0.4) is 0 Å². The van der Waals surface area contributed by atoms with Crippen molar-refractivity contribution in [2.45, 2.75) is 400 Å². The zero-order chi connectivity index (χ0) is 52.2. The lowest BCUT2D eigenvalue weighted by molar-refractivity contribution is -0.144. The van der Waals surface area contributed by atoms with Gasteiger partial charge in [0.25, 0.3) is 0 Å². The highest BCUT2D eigenvalue weighted by Gasteiger charge is 2.21. The predicted molar refractivity (Wildman–Crippen MR) is 319 cm³/mol. The van der Waals surface area contributed by atoms with E-state index in [2.05, 4.69) is 27.7 Å². The molecular weight excluding hydrogens is 881 g/mol. The quantitative estimate of drug-likeness (QED) is 0.0450. The molecule has 2 unspecified atom stereocenters. The van der Waals surface area contributed by atoms with Gasteiger partial charge in [0, 0.05) is 12.8 Å². The summed E-state index contributed by atoms with van der Waals surface area (Å²) in [6.45, 7) is 10.5. The Kier molecular flexibility index (Phi) is 61.6. The van der Waals surface area contributed by atoms with E-state index in [0.717, 1.165) is 50.4 Å². The Morgan fingerprint density at radius 2 is 0.389 bits per heavy atom. The molecule has 4 nitrogen and oxygen atoms in total. The van der Waals surface area contributed by atoms with Crippen molar-refractivity contribution in [3.05, 3.63) is 0 Å². The van der Waals surface area contributed by atoms with Gasteiger partial charge in [-0.2, -0.15) is 0 Å². The Bertz CT molecular complexity index is 1030. The number of carbonyl (C=O) groups excluding carboxylic acids is 2. The van der Waals surface area contributed by atoms with Crippen LogP contribution in [0.2, 0.25) is 0 Å².